The zero-order valence-electron chi connectivity index (χ0n) is 13.5. The van der Waals surface area contributed by atoms with Gasteiger partial charge in [-0.2, -0.15) is 0 Å². The van der Waals surface area contributed by atoms with Gasteiger partial charge in [-0.3, -0.25) is 4.79 Å². The van der Waals surface area contributed by atoms with Crippen molar-refractivity contribution in [3.8, 4) is 5.75 Å². The van der Waals surface area contributed by atoms with Gasteiger partial charge in [0.2, 0.25) is 5.91 Å². The summed E-state index contributed by atoms with van der Waals surface area (Å²) in [7, 11) is 0. The molecular weight excluding hydrogens is 312 g/mol. The average molecular weight is 333 g/mol. The molecule has 0 aromatic heterocycles. The van der Waals surface area contributed by atoms with Crippen molar-refractivity contribution in [1.29, 1.82) is 0 Å². The number of ether oxygens (including phenoxy) is 1. The Kier molecular flexibility index (Phi) is 5.88. The number of para-hydroxylation sites is 2. The monoisotopic (exact) mass is 332 g/mol. The second-order valence-corrected chi connectivity index (χ2v) is 5.88. The summed E-state index contributed by atoms with van der Waals surface area (Å²) in [5.41, 5.74) is 2.43. The molecule has 0 bridgehead atoms. The Labute approximate surface area is 141 Å². The van der Waals surface area contributed by atoms with E-state index in [9.17, 15) is 4.79 Å². The van der Waals surface area contributed by atoms with Crippen molar-refractivity contribution < 1.29 is 9.53 Å². The average Bonchev–Trinajstić information content (AvgIpc) is 2.50. The third-order valence-electron chi connectivity index (χ3n) is 3.23. The third kappa shape index (κ3) is 4.89. The Morgan fingerprint density at radius 2 is 1.83 bits per heavy atom. The molecule has 2 aromatic carbocycles. The smallest absolute Gasteiger partial charge is 0.243 e. The minimum Gasteiger partial charge on any atom is -0.489 e. The number of benzene rings is 2. The van der Waals surface area contributed by atoms with Crippen LogP contribution in [0.3, 0.4) is 0 Å². The number of carbonyl (C=O) groups is 1. The first-order valence-electron chi connectivity index (χ1n) is 7.52. The number of amides is 1. The van der Waals surface area contributed by atoms with Gasteiger partial charge in [-0.05, 0) is 50.6 Å². The van der Waals surface area contributed by atoms with Crippen LogP contribution in [0.5, 0.6) is 5.75 Å². The van der Waals surface area contributed by atoms with Crippen LogP contribution in [0.2, 0.25) is 5.02 Å². The predicted molar refractivity (Wildman–Crippen MR) is 95.5 cm³/mol. The summed E-state index contributed by atoms with van der Waals surface area (Å²) in [6.45, 7) is 5.95. The lowest BCUT2D eigenvalue weighted by Crippen LogP contribution is -2.22. The molecule has 0 saturated carbocycles. The minimum atomic E-state index is -0.149. The molecule has 23 heavy (non-hydrogen) atoms. The zero-order valence-corrected chi connectivity index (χ0v) is 14.3. The van der Waals surface area contributed by atoms with Crippen molar-refractivity contribution in [2.45, 2.75) is 26.9 Å². The summed E-state index contributed by atoms with van der Waals surface area (Å²) in [5.74, 6) is 0.513. The van der Waals surface area contributed by atoms with Crippen LogP contribution in [0.1, 0.15) is 19.4 Å². The quantitative estimate of drug-likeness (QED) is 0.819. The molecule has 4 nitrogen and oxygen atoms in total. The number of rotatable bonds is 6. The highest BCUT2D eigenvalue weighted by molar-refractivity contribution is 6.31. The molecule has 0 aliphatic carbocycles. The van der Waals surface area contributed by atoms with E-state index >= 15 is 0 Å². The molecule has 0 atom stereocenters. The fraction of sp³-hybridized carbons (Fsp3) is 0.278. The third-order valence-corrected chi connectivity index (χ3v) is 3.64. The Balaban J connectivity index is 1.99. The van der Waals surface area contributed by atoms with Crippen molar-refractivity contribution in [2.75, 3.05) is 17.2 Å². The fourth-order valence-electron chi connectivity index (χ4n) is 2.10. The van der Waals surface area contributed by atoms with Crippen LogP contribution in [-0.4, -0.2) is 18.6 Å². The fourth-order valence-corrected chi connectivity index (χ4v) is 2.27. The van der Waals surface area contributed by atoms with E-state index in [-0.39, 0.29) is 18.6 Å². The number of anilines is 2. The molecule has 5 heteroatoms. The summed E-state index contributed by atoms with van der Waals surface area (Å²) in [6.07, 6.45) is 0.0419. The molecule has 0 radical (unpaired) electrons. The van der Waals surface area contributed by atoms with Crippen molar-refractivity contribution in [2.24, 2.45) is 0 Å². The molecule has 2 aromatic rings. The van der Waals surface area contributed by atoms with Crippen molar-refractivity contribution in [3.05, 3.63) is 53.1 Å². The van der Waals surface area contributed by atoms with Crippen LogP contribution in [0.25, 0.3) is 0 Å². The highest BCUT2D eigenvalue weighted by atomic mass is 35.5. The summed E-state index contributed by atoms with van der Waals surface area (Å²) in [5, 5.41) is 6.63. The van der Waals surface area contributed by atoms with Gasteiger partial charge in [-0.1, -0.05) is 29.8 Å². The summed E-state index contributed by atoms with van der Waals surface area (Å²) in [6, 6.07) is 13.0. The van der Waals surface area contributed by atoms with E-state index in [1.807, 2.05) is 63.2 Å². The maximum absolute atomic E-state index is 12.2. The van der Waals surface area contributed by atoms with Crippen molar-refractivity contribution in [1.82, 2.24) is 0 Å². The highest BCUT2D eigenvalue weighted by Gasteiger charge is 2.09. The van der Waals surface area contributed by atoms with Gasteiger partial charge in [0.05, 0.1) is 18.3 Å². The molecule has 0 saturated heterocycles. The first-order chi connectivity index (χ1) is 11.0. The molecule has 1 amide bonds. The van der Waals surface area contributed by atoms with Gasteiger partial charge < -0.3 is 15.4 Å². The second-order valence-electron chi connectivity index (χ2n) is 5.48. The standard InChI is InChI=1S/C18H21ClN2O2/c1-12(2)23-17-10-5-4-8-16(17)21-18(22)11-20-15-9-6-7-14(19)13(15)3/h4-10,12,20H,11H2,1-3H3,(H,21,22). The van der Waals surface area contributed by atoms with Gasteiger partial charge in [0.25, 0.3) is 0 Å². The van der Waals surface area contributed by atoms with Gasteiger partial charge in [0.1, 0.15) is 5.75 Å². The maximum atomic E-state index is 12.2. The number of carbonyl (C=O) groups excluding carboxylic acids is 1. The van der Waals surface area contributed by atoms with Crippen LogP contribution in [-0.2, 0) is 4.79 Å². The maximum Gasteiger partial charge on any atom is 0.243 e. The van der Waals surface area contributed by atoms with Crippen LogP contribution in [0, 0.1) is 6.92 Å². The molecular formula is C18H21ClN2O2. The van der Waals surface area contributed by atoms with Crippen LogP contribution in [0.15, 0.2) is 42.5 Å². The molecule has 0 aliphatic rings. The number of hydrogen-bond donors (Lipinski definition) is 2. The Bertz CT molecular complexity index is 686. The molecule has 2 rings (SSSR count). The summed E-state index contributed by atoms with van der Waals surface area (Å²) in [4.78, 5) is 12.2. The molecule has 0 fully saturated rings. The summed E-state index contributed by atoms with van der Waals surface area (Å²) < 4.78 is 5.69. The van der Waals surface area contributed by atoms with E-state index in [2.05, 4.69) is 10.6 Å². The first-order valence-corrected chi connectivity index (χ1v) is 7.89. The van der Waals surface area contributed by atoms with Gasteiger partial charge in [0, 0.05) is 10.7 Å². The SMILES string of the molecule is Cc1c(Cl)cccc1NCC(=O)Nc1ccccc1OC(C)C. The van der Waals surface area contributed by atoms with E-state index in [0.29, 0.717) is 16.5 Å². The zero-order chi connectivity index (χ0) is 16.8. The van der Waals surface area contributed by atoms with Crippen molar-refractivity contribution in [3.63, 3.8) is 0 Å². The van der Waals surface area contributed by atoms with Gasteiger partial charge in [-0.15, -0.1) is 0 Å². The van der Waals surface area contributed by atoms with Crippen LogP contribution in [0.4, 0.5) is 11.4 Å². The van der Waals surface area contributed by atoms with Gasteiger partial charge in [-0.25, -0.2) is 0 Å². The Morgan fingerprint density at radius 1 is 1.13 bits per heavy atom. The van der Waals surface area contributed by atoms with Gasteiger partial charge in [0.15, 0.2) is 0 Å². The minimum absolute atomic E-state index is 0.0419. The second kappa shape index (κ2) is 7.88. The normalized spacial score (nSPS) is 10.5. The number of nitrogens with one attached hydrogen (secondary N) is 2. The Morgan fingerprint density at radius 3 is 2.57 bits per heavy atom. The lowest BCUT2D eigenvalue weighted by Gasteiger charge is -2.15. The van der Waals surface area contributed by atoms with E-state index in [4.69, 9.17) is 16.3 Å². The molecule has 2 N–H and O–H groups in total. The molecule has 0 heterocycles. The van der Waals surface area contributed by atoms with E-state index in [0.717, 1.165) is 11.3 Å². The topological polar surface area (TPSA) is 50.4 Å². The Hall–Kier alpha value is -2.20. The highest BCUT2D eigenvalue weighted by Crippen LogP contribution is 2.25. The van der Waals surface area contributed by atoms with Gasteiger partial charge >= 0.3 is 0 Å². The largest absolute Gasteiger partial charge is 0.489 e. The first kappa shape index (κ1) is 17.2. The molecule has 0 aliphatic heterocycles. The molecule has 122 valence electrons. The number of hydrogen-bond acceptors (Lipinski definition) is 3. The molecule has 0 unspecified atom stereocenters. The number of halogens is 1. The van der Waals surface area contributed by atoms with Crippen LogP contribution >= 0.6 is 11.6 Å². The van der Waals surface area contributed by atoms with Crippen molar-refractivity contribution >= 4 is 28.9 Å². The predicted octanol–water partition coefficient (Wildman–Crippen LogP) is 4.49. The van der Waals surface area contributed by atoms with E-state index < -0.39 is 0 Å². The lowest BCUT2D eigenvalue weighted by molar-refractivity contribution is -0.114. The van der Waals surface area contributed by atoms with E-state index in [1.165, 1.54) is 0 Å². The molecule has 0 spiro atoms. The summed E-state index contributed by atoms with van der Waals surface area (Å²) >= 11 is 6.07. The van der Waals surface area contributed by atoms with E-state index in [1.54, 1.807) is 0 Å². The lowest BCUT2D eigenvalue weighted by atomic mass is 10.2. The van der Waals surface area contributed by atoms with Crippen LogP contribution < -0.4 is 15.4 Å².